The van der Waals surface area contributed by atoms with Crippen molar-refractivity contribution in [3.05, 3.63) is 112 Å². The second kappa shape index (κ2) is 16.1. The van der Waals surface area contributed by atoms with Crippen LogP contribution in [-0.4, -0.2) is 58.8 Å². The molecule has 300 valence electrons. The van der Waals surface area contributed by atoms with Crippen molar-refractivity contribution in [3.63, 3.8) is 0 Å². The number of hydrogen-bond acceptors (Lipinski definition) is 5. The Balaban J connectivity index is 1.26. The topological polar surface area (TPSA) is 99.1 Å². The van der Waals surface area contributed by atoms with Crippen LogP contribution in [0.4, 0.5) is 4.79 Å². The summed E-state index contributed by atoms with van der Waals surface area (Å²) in [6.07, 6.45) is 9.84. The number of ketones is 1. The Morgan fingerprint density at radius 2 is 1.71 bits per heavy atom. The summed E-state index contributed by atoms with van der Waals surface area (Å²) in [5.41, 5.74) is 3.76. The third-order valence-corrected chi connectivity index (χ3v) is 15.1. The van der Waals surface area contributed by atoms with E-state index in [0.717, 1.165) is 41.9 Å². The van der Waals surface area contributed by atoms with Gasteiger partial charge >= 0.3 is 6.03 Å². The average Bonchev–Trinajstić information content (AvgIpc) is 3.45. The molecule has 7 nitrogen and oxygen atoms in total. The van der Waals surface area contributed by atoms with E-state index >= 15 is 0 Å². The summed E-state index contributed by atoms with van der Waals surface area (Å²) in [4.78, 5) is 31.1. The lowest BCUT2D eigenvalue weighted by molar-refractivity contribution is -0.118. The smallest absolute Gasteiger partial charge is 0.317 e. The highest BCUT2D eigenvalue weighted by Gasteiger charge is 2.59. The lowest BCUT2D eigenvalue weighted by atomic mass is 9.45. The molecule has 0 radical (unpaired) electrons. The van der Waals surface area contributed by atoms with Crippen molar-refractivity contribution < 1.29 is 24.5 Å². The van der Waals surface area contributed by atoms with Crippen molar-refractivity contribution in [1.29, 1.82) is 0 Å². The third kappa shape index (κ3) is 7.83. The fourth-order valence-electron chi connectivity index (χ4n) is 11.2. The van der Waals surface area contributed by atoms with Gasteiger partial charge in [-0.25, -0.2) is 4.79 Å². The van der Waals surface area contributed by atoms with E-state index in [1.54, 1.807) is 7.11 Å². The summed E-state index contributed by atoms with van der Waals surface area (Å²) >= 11 is 0. The van der Waals surface area contributed by atoms with Gasteiger partial charge in [-0.05, 0) is 154 Å². The highest BCUT2D eigenvalue weighted by molar-refractivity contribution is 6.10. The second-order valence-corrected chi connectivity index (χ2v) is 18.7. The summed E-state index contributed by atoms with van der Waals surface area (Å²) in [6, 6.07) is 23.2. The van der Waals surface area contributed by atoms with E-state index in [9.17, 15) is 19.8 Å². The van der Waals surface area contributed by atoms with E-state index in [0.29, 0.717) is 67.4 Å². The molecule has 7 heteroatoms. The minimum atomic E-state index is -1.20. The normalized spacial score (nSPS) is 30.2. The standard InChI is InChI=1S/C49H64N2O5/c1-32-11-10-25-48(5)43(41-23-15-34(27-39(52)20-14-32)28-42(41)45(53)36-17-21-40(56-6)22-18-36)24-26-49(48,55)31-51(30-37-16-19-38-29-44(37)47(38,3)4)46(54)50-33(2)35-12-8-7-9-13-35/h7-9,11-13,15,17-18,21-23,28,33,37-39,43-44,52,55H,10,14,16,19-20,24-27,29-31H2,1-6H3,(H,50,54). The summed E-state index contributed by atoms with van der Waals surface area (Å²) < 4.78 is 5.39. The lowest BCUT2D eigenvalue weighted by Crippen LogP contribution is -2.59. The zero-order chi connectivity index (χ0) is 39.8. The Morgan fingerprint density at radius 3 is 2.41 bits per heavy atom. The van der Waals surface area contributed by atoms with Gasteiger partial charge in [0.2, 0.25) is 0 Å². The van der Waals surface area contributed by atoms with Gasteiger partial charge in [-0.1, -0.05) is 74.9 Å². The van der Waals surface area contributed by atoms with Crippen molar-refractivity contribution in [1.82, 2.24) is 10.2 Å². The molecule has 3 aromatic rings. The van der Waals surface area contributed by atoms with Crippen molar-refractivity contribution in [2.75, 3.05) is 20.2 Å². The molecule has 6 aliphatic rings. The van der Waals surface area contributed by atoms with Crippen LogP contribution in [0.25, 0.3) is 0 Å². The van der Waals surface area contributed by atoms with Crippen molar-refractivity contribution in [2.45, 2.75) is 122 Å². The summed E-state index contributed by atoms with van der Waals surface area (Å²) in [5.74, 6) is 2.19. The number of allylic oxidation sites excluding steroid dienone is 2. The molecule has 3 N–H and O–H groups in total. The van der Waals surface area contributed by atoms with Gasteiger partial charge in [-0.15, -0.1) is 0 Å². The summed E-state index contributed by atoms with van der Waals surface area (Å²) in [5, 5.41) is 27.7. The first-order valence-electron chi connectivity index (χ1n) is 21.2. The van der Waals surface area contributed by atoms with Crippen LogP contribution in [0.5, 0.6) is 5.75 Å². The molecule has 2 amide bonds. The maximum atomic E-state index is 14.6. The van der Waals surface area contributed by atoms with Crippen LogP contribution in [0.3, 0.4) is 0 Å². The van der Waals surface area contributed by atoms with Gasteiger partial charge in [0.15, 0.2) is 5.78 Å². The zero-order valence-corrected chi connectivity index (χ0v) is 34.5. The van der Waals surface area contributed by atoms with Crippen molar-refractivity contribution >= 4 is 11.8 Å². The number of hydrogen-bond donors (Lipinski definition) is 3. The highest BCUT2D eigenvalue weighted by atomic mass is 16.5. The highest BCUT2D eigenvalue weighted by Crippen LogP contribution is 2.62. The molecule has 9 rings (SSSR count). The number of fused-ring (bicyclic) bond motifs is 10. The molecule has 8 unspecified atom stereocenters. The van der Waals surface area contributed by atoms with E-state index in [2.05, 4.69) is 51.2 Å². The Labute approximate surface area is 334 Å². The van der Waals surface area contributed by atoms with Crippen LogP contribution in [0, 0.1) is 28.6 Å². The van der Waals surface area contributed by atoms with Gasteiger partial charge in [-0.2, -0.15) is 0 Å². The van der Waals surface area contributed by atoms with E-state index in [-0.39, 0.29) is 35.7 Å². The minimum absolute atomic E-state index is 0.0748. The van der Waals surface area contributed by atoms with E-state index in [1.807, 2.05) is 72.5 Å². The van der Waals surface area contributed by atoms with Crippen LogP contribution in [0.1, 0.15) is 137 Å². The van der Waals surface area contributed by atoms with E-state index in [4.69, 9.17) is 4.74 Å². The van der Waals surface area contributed by atoms with Gasteiger partial charge in [-0.3, -0.25) is 4.79 Å². The zero-order valence-electron chi connectivity index (χ0n) is 34.5. The SMILES string of the molecule is COc1ccc(C(=O)c2cc3ccc2C2CCC(O)(CN(CC4CCC5CC4C5(C)C)C(=O)NC(C)c4ccccc4)C2(C)CCC=C(C)CCC(O)C3)cc1. The van der Waals surface area contributed by atoms with Gasteiger partial charge in [0.05, 0.1) is 31.4 Å². The molecule has 4 fully saturated rings. The van der Waals surface area contributed by atoms with Crippen molar-refractivity contribution in [3.8, 4) is 5.75 Å². The summed E-state index contributed by atoms with van der Waals surface area (Å²) in [7, 11) is 1.62. The molecule has 3 aromatic carbocycles. The van der Waals surface area contributed by atoms with Crippen LogP contribution < -0.4 is 10.1 Å². The maximum Gasteiger partial charge on any atom is 0.317 e. The molecule has 0 spiro atoms. The largest absolute Gasteiger partial charge is 0.497 e. The van der Waals surface area contributed by atoms with E-state index < -0.39 is 17.1 Å². The van der Waals surface area contributed by atoms with Gasteiger partial charge in [0.1, 0.15) is 5.75 Å². The van der Waals surface area contributed by atoms with Crippen LogP contribution >= 0.6 is 0 Å². The first-order chi connectivity index (χ1) is 26.7. The number of carbonyl (C=O) groups excluding carboxylic acids is 2. The average molecular weight is 761 g/mol. The molecular formula is C49H64N2O5. The molecule has 4 bridgehead atoms. The van der Waals surface area contributed by atoms with Crippen LogP contribution in [-0.2, 0) is 6.42 Å². The molecule has 0 aromatic heterocycles. The Hall–Kier alpha value is -3.94. The number of aliphatic hydroxyl groups is 2. The quantitative estimate of drug-likeness (QED) is 0.149. The Morgan fingerprint density at radius 1 is 0.964 bits per heavy atom. The first-order valence-corrected chi connectivity index (χ1v) is 21.2. The second-order valence-electron chi connectivity index (χ2n) is 18.7. The molecule has 6 aliphatic carbocycles. The molecule has 0 heterocycles. The molecule has 56 heavy (non-hydrogen) atoms. The number of methoxy groups -OCH3 is 1. The number of carbonyl (C=O) groups is 2. The predicted molar refractivity (Wildman–Crippen MR) is 223 cm³/mol. The third-order valence-electron chi connectivity index (χ3n) is 15.1. The monoisotopic (exact) mass is 760 g/mol. The van der Waals surface area contributed by atoms with Gasteiger partial charge in [0.25, 0.3) is 0 Å². The lowest BCUT2D eigenvalue weighted by Gasteiger charge is -2.60. The molecule has 0 aliphatic heterocycles. The van der Waals surface area contributed by atoms with Crippen molar-refractivity contribution in [2.24, 2.45) is 28.6 Å². The number of rotatable bonds is 9. The minimum Gasteiger partial charge on any atom is -0.497 e. The summed E-state index contributed by atoms with van der Waals surface area (Å²) in [6.45, 7) is 12.0. The number of urea groups is 1. The number of nitrogens with one attached hydrogen (secondary N) is 1. The Bertz CT molecular complexity index is 1900. The van der Waals surface area contributed by atoms with Gasteiger partial charge in [0, 0.05) is 23.1 Å². The molecule has 0 saturated heterocycles. The number of aliphatic hydroxyl groups excluding tert-OH is 1. The molecular weight excluding hydrogens is 697 g/mol. The Kier molecular flexibility index (Phi) is 11.6. The fraction of sp³-hybridized carbons (Fsp3) is 0.551. The number of nitrogens with zero attached hydrogens (tertiary/aromatic N) is 1. The van der Waals surface area contributed by atoms with Gasteiger partial charge < -0.3 is 25.2 Å². The first kappa shape index (κ1) is 40.3. The number of benzene rings is 3. The molecule has 8 atom stereocenters. The number of amides is 2. The van der Waals surface area contributed by atoms with Crippen LogP contribution in [0.2, 0.25) is 0 Å². The molecule has 4 saturated carbocycles. The predicted octanol–water partition coefficient (Wildman–Crippen LogP) is 9.81. The van der Waals surface area contributed by atoms with E-state index in [1.165, 1.54) is 18.4 Å². The number of ether oxygens (including phenoxy) is 1. The fourth-order valence-corrected chi connectivity index (χ4v) is 11.2. The van der Waals surface area contributed by atoms with Crippen LogP contribution in [0.15, 0.2) is 84.4 Å². The maximum absolute atomic E-state index is 14.6.